The van der Waals surface area contributed by atoms with E-state index in [2.05, 4.69) is 11.6 Å². The van der Waals surface area contributed by atoms with Crippen LogP contribution in [0.15, 0.2) is 29.2 Å². The lowest BCUT2D eigenvalue weighted by atomic mass is 9.79. The molecule has 0 radical (unpaired) electrons. The summed E-state index contributed by atoms with van der Waals surface area (Å²) in [7, 11) is -3.86. The van der Waals surface area contributed by atoms with E-state index >= 15 is 0 Å². The second kappa shape index (κ2) is 7.92. The van der Waals surface area contributed by atoms with Crippen molar-refractivity contribution in [2.45, 2.75) is 57.3 Å². The zero-order valence-electron chi connectivity index (χ0n) is 14.2. The van der Waals surface area contributed by atoms with E-state index in [1.54, 1.807) is 12.1 Å². The number of Topliss-reactive ketones (excluding diaryl/α,β-unsaturated/α-hetero) is 1. The quantitative estimate of drug-likeness (QED) is 0.854. The molecule has 1 fully saturated rings. The molecule has 0 aromatic heterocycles. The molecule has 1 aliphatic rings. The molecule has 0 saturated heterocycles. The van der Waals surface area contributed by atoms with Crippen LogP contribution >= 0.6 is 0 Å². The highest BCUT2D eigenvalue weighted by atomic mass is 32.2. The predicted octanol–water partition coefficient (Wildman–Crippen LogP) is 2.84. The summed E-state index contributed by atoms with van der Waals surface area (Å²) < 4.78 is 26.9. The number of aryl methyl sites for hydroxylation is 1. The summed E-state index contributed by atoms with van der Waals surface area (Å²) >= 11 is 0. The Balaban J connectivity index is 2.05. The summed E-state index contributed by atoms with van der Waals surface area (Å²) in [5, 5.41) is 0. The fourth-order valence-corrected chi connectivity index (χ4v) is 4.19. The van der Waals surface area contributed by atoms with E-state index in [1.165, 1.54) is 12.1 Å². The lowest BCUT2D eigenvalue weighted by Gasteiger charge is -2.26. The van der Waals surface area contributed by atoms with E-state index < -0.39 is 21.8 Å². The second-order valence-electron chi connectivity index (χ2n) is 6.41. The van der Waals surface area contributed by atoms with Crippen molar-refractivity contribution in [3.05, 3.63) is 29.8 Å². The number of ketones is 1. The molecule has 24 heavy (non-hydrogen) atoms. The molecule has 0 spiro atoms. The van der Waals surface area contributed by atoms with Crippen molar-refractivity contribution in [2.24, 2.45) is 11.8 Å². The molecule has 1 aromatic carbocycles. The minimum atomic E-state index is -3.86. The first-order valence-corrected chi connectivity index (χ1v) is 10.0. The normalized spacial score (nSPS) is 21.5. The van der Waals surface area contributed by atoms with Gasteiger partial charge in [-0.2, -0.15) is 0 Å². The molecule has 0 bridgehead atoms. The fourth-order valence-electron chi connectivity index (χ4n) is 3.14. The average molecular weight is 351 g/mol. The van der Waals surface area contributed by atoms with Crippen LogP contribution in [-0.4, -0.2) is 20.1 Å². The Hall–Kier alpha value is -1.69. The molecule has 1 N–H and O–H groups in total. The Morgan fingerprint density at radius 1 is 1.21 bits per heavy atom. The molecule has 0 aliphatic heterocycles. The van der Waals surface area contributed by atoms with Crippen LogP contribution in [0, 0.1) is 11.8 Å². The van der Waals surface area contributed by atoms with Crippen molar-refractivity contribution in [3.63, 3.8) is 0 Å². The Labute approximate surface area is 143 Å². The highest BCUT2D eigenvalue weighted by Crippen LogP contribution is 2.29. The van der Waals surface area contributed by atoms with Gasteiger partial charge in [0.15, 0.2) is 0 Å². The number of hydrogen-bond donors (Lipinski definition) is 1. The van der Waals surface area contributed by atoms with Crippen molar-refractivity contribution >= 4 is 21.7 Å². The number of hydrogen-bond acceptors (Lipinski definition) is 4. The number of amides is 1. The van der Waals surface area contributed by atoms with Gasteiger partial charge < -0.3 is 0 Å². The fraction of sp³-hybridized carbons (Fsp3) is 0.556. The van der Waals surface area contributed by atoms with Gasteiger partial charge in [0.2, 0.25) is 5.91 Å². The third kappa shape index (κ3) is 4.44. The first kappa shape index (κ1) is 18.6. The summed E-state index contributed by atoms with van der Waals surface area (Å²) in [5.74, 6) is -0.873. The number of rotatable bonds is 6. The van der Waals surface area contributed by atoms with Crippen molar-refractivity contribution in [1.82, 2.24) is 4.72 Å². The number of benzene rings is 1. The molecule has 2 rings (SSSR count). The van der Waals surface area contributed by atoms with Gasteiger partial charge in [-0.15, -0.1) is 0 Å². The van der Waals surface area contributed by atoms with Crippen LogP contribution in [-0.2, 0) is 26.0 Å². The second-order valence-corrected chi connectivity index (χ2v) is 8.09. The summed E-state index contributed by atoms with van der Waals surface area (Å²) in [6.07, 6.45) is 3.78. The van der Waals surface area contributed by atoms with Crippen LogP contribution in [0.1, 0.15) is 51.5 Å². The molecule has 1 aliphatic carbocycles. The molecule has 1 amide bonds. The summed E-state index contributed by atoms with van der Waals surface area (Å²) in [6, 6.07) is 6.60. The van der Waals surface area contributed by atoms with Crippen molar-refractivity contribution < 1.29 is 18.0 Å². The van der Waals surface area contributed by atoms with Crippen molar-refractivity contribution in [2.75, 3.05) is 0 Å². The van der Waals surface area contributed by atoms with Gasteiger partial charge in [-0.3, -0.25) is 9.59 Å². The lowest BCUT2D eigenvalue weighted by molar-refractivity contribution is -0.130. The SMILES string of the molecule is CCCc1ccc(S(=O)(=O)NC(=O)C2CCC(=O)C(CC)C2)cc1. The van der Waals surface area contributed by atoms with Crippen LogP contribution in [0.4, 0.5) is 0 Å². The third-order valence-electron chi connectivity index (χ3n) is 4.63. The molecule has 1 saturated carbocycles. The van der Waals surface area contributed by atoms with Crippen LogP contribution in [0.25, 0.3) is 0 Å². The number of sulfonamides is 1. The molecule has 5 nitrogen and oxygen atoms in total. The Bertz CT molecular complexity index is 694. The average Bonchev–Trinajstić information content (AvgIpc) is 2.55. The molecule has 1 aromatic rings. The monoisotopic (exact) mass is 351 g/mol. The van der Waals surface area contributed by atoms with Crippen LogP contribution in [0.5, 0.6) is 0 Å². The van der Waals surface area contributed by atoms with Crippen molar-refractivity contribution in [3.8, 4) is 0 Å². The highest BCUT2D eigenvalue weighted by Gasteiger charge is 2.33. The third-order valence-corrected chi connectivity index (χ3v) is 6.00. The van der Waals surface area contributed by atoms with Crippen LogP contribution < -0.4 is 4.72 Å². The Morgan fingerprint density at radius 3 is 2.46 bits per heavy atom. The van der Waals surface area contributed by atoms with Gasteiger partial charge in [0.25, 0.3) is 10.0 Å². The molecule has 132 valence electrons. The number of carbonyl (C=O) groups is 2. The van der Waals surface area contributed by atoms with Gasteiger partial charge in [0, 0.05) is 18.3 Å². The maximum absolute atomic E-state index is 12.4. The first-order chi connectivity index (χ1) is 11.4. The van der Waals surface area contributed by atoms with Gasteiger partial charge in [0.05, 0.1) is 4.90 Å². The maximum Gasteiger partial charge on any atom is 0.264 e. The zero-order valence-corrected chi connectivity index (χ0v) is 15.1. The van der Waals surface area contributed by atoms with E-state index in [-0.39, 0.29) is 16.6 Å². The maximum atomic E-state index is 12.4. The predicted molar refractivity (Wildman–Crippen MR) is 91.9 cm³/mol. The Morgan fingerprint density at radius 2 is 1.88 bits per heavy atom. The van der Waals surface area contributed by atoms with Gasteiger partial charge in [-0.25, -0.2) is 13.1 Å². The number of carbonyl (C=O) groups excluding carboxylic acids is 2. The molecule has 2 unspecified atom stereocenters. The van der Waals surface area contributed by atoms with Crippen molar-refractivity contribution in [1.29, 1.82) is 0 Å². The summed E-state index contributed by atoms with van der Waals surface area (Å²) in [6.45, 7) is 3.97. The molecular weight excluding hydrogens is 326 g/mol. The minimum absolute atomic E-state index is 0.0923. The van der Waals surface area contributed by atoms with Crippen LogP contribution in [0.3, 0.4) is 0 Å². The minimum Gasteiger partial charge on any atom is -0.299 e. The largest absolute Gasteiger partial charge is 0.299 e. The summed E-state index contributed by atoms with van der Waals surface area (Å²) in [4.78, 5) is 24.2. The molecule has 2 atom stereocenters. The molecule has 6 heteroatoms. The number of nitrogens with one attached hydrogen (secondary N) is 1. The van der Waals surface area contributed by atoms with E-state index in [0.29, 0.717) is 25.7 Å². The van der Waals surface area contributed by atoms with E-state index in [1.807, 2.05) is 6.92 Å². The van der Waals surface area contributed by atoms with Crippen LogP contribution in [0.2, 0.25) is 0 Å². The first-order valence-electron chi connectivity index (χ1n) is 8.55. The summed E-state index contributed by atoms with van der Waals surface area (Å²) in [5.41, 5.74) is 1.07. The van der Waals surface area contributed by atoms with E-state index in [9.17, 15) is 18.0 Å². The standard InChI is InChI=1S/C18H25NO4S/c1-3-5-13-6-9-16(10-7-13)24(22,23)19-18(21)15-8-11-17(20)14(4-2)12-15/h6-7,9-10,14-15H,3-5,8,11-12H2,1-2H3,(H,19,21). The zero-order chi connectivity index (χ0) is 17.7. The molecular formula is C18H25NO4S. The van der Waals surface area contributed by atoms with E-state index in [0.717, 1.165) is 18.4 Å². The highest BCUT2D eigenvalue weighted by molar-refractivity contribution is 7.90. The lowest BCUT2D eigenvalue weighted by Crippen LogP contribution is -2.39. The molecule has 0 heterocycles. The Kier molecular flexibility index (Phi) is 6.15. The topological polar surface area (TPSA) is 80.3 Å². The smallest absolute Gasteiger partial charge is 0.264 e. The van der Waals surface area contributed by atoms with Gasteiger partial charge in [0.1, 0.15) is 5.78 Å². The van der Waals surface area contributed by atoms with Gasteiger partial charge in [-0.05, 0) is 43.4 Å². The van der Waals surface area contributed by atoms with Gasteiger partial charge in [-0.1, -0.05) is 32.4 Å². The van der Waals surface area contributed by atoms with E-state index in [4.69, 9.17) is 0 Å². The van der Waals surface area contributed by atoms with Gasteiger partial charge >= 0.3 is 0 Å².